The summed E-state index contributed by atoms with van der Waals surface area (Å²) in [5, 5.41) is 15.9. The largest absolute Gasteiger partial charge is 0.497 e. The normalized spacial score (nSPS) is 10.9. The second-order valence-electron chi connectivity index (χ2n) is 7.33. The Morgan fingerprint density at radius 1 is 1.13 bits per heavy atom. The minimum Gasteiger partial charge on any atom is -0.497 e. The zero-order chi connectivity index (χ0) is 28.2. The smallest absolute Gasteiger partial charge is 0.490 e. The average Bonchev–Trinajstić information content (AvgIpc) is 3.31. The summed E-state index contributed by atoms with van der Waals surface area (Å²) in [5.74, 6) is -1.80. The van der Waals surface area contributed by atoms with Crippen LogP contribution in [0.2, 0.25) is 5.02 Å². The fraction of sp³-hybridized carbons (Fsp3) is 0.182. The maximum absolute atomic E-state index is 12.6. The van der Waals surface area contributed by atoms with Crippen molar-refractivity contribution in [1.29, 1.82) is 0 Å². The molecule has 0 unspecified atom stereocenters. The summed E-state index contributed by atoms with van der Waals surface area (Å²) >= 11 is 6.44. The van der Waals surface area contributed by atoms with Gasteiger partial charge in [-0.3, -0.25) is 9.48 Å². The third kappa shape index (κ3) is 6.18. The van der Waals surface area contributed by atoms with Gasteiger partial charge in [-0.25, -0.2) is 14.8 Å². The minimum absolute atomic E-state index is 0.166. The third-order valence-electron chi connectivity index (χ3n) is 4.76. The van der Waals surface area contributed by atoms with E-state index in [2.05, 4.69) is 20.2 Å². The molecule has 12 nitrogen and oxygen atoms in total. The molecule has 0 amide bonds. The second kappa shape index (κ2) is 11.2. The number of carboxylic acid groups (broad SMARTS) is 1. The van der Waals surface area contributed by atoms with E-state index < -0.39 is 17.7 Å². The molecule has 4 rings (SSSR count). The molecule has 0 fully saturated rings. The SMILES string of the molecule is COc1cc(OC)c(Cl)c(-n2nc(-c3nc(-c4cnn(C)c4)cnc3N)ccc2=O)c1.O=C(O)C(F)(F)F. The van der Waals surface area contributed by atoms with Gasteiger partial charge >= 0.3 is 12.1 Å². The van der Waals surface area contributed by atoms with Crippen molar-refractivity contribution in [3.63, 3.8) is 0 Å². The number of carboxylic acids is 1. The number of aromatic nitrogens is 6. The predicted molar refractivity (Wildman–Crippen MR) is 129 cm³/mol. The first-order valence-electron chi connectivity index (χ1n) is 10.3. The zero-order valence-corrected chi connectivity index (χ0v) is 20.7. The number of anilines is 1. The first-order valence-corrected chi connectivity index (χ1v) is 10.7. The van der Waals surface area contributed by atoms with Gasteiger partial charge in [0.05, 0.1) is 38.0 Å². The Bertz CT molecular complexity index is 1540. The molecule has 0 spiro atoms. The van der Waals surface area contributed by atoms with Crippen LogP contribution in [0.4, 0.5) is 19.0 Å². The number of aliphatic carboxylic acids is 1. The van der Waals surface area contributed by atoms with Crippen LogP contribution in [0, 0.1) is 0 Å². The predicted octanol–water partition coefficient (Wildman–Crippen LogP) is 2.98. The highest BCUT2D eigenvalue weighted by Gasteiger charge is 2.38. The molecule has 0 atom stereocenters. The molecule has 3 N–H and O–H groups in total. The maximum Gasteiger partial charge on any atom is 0.490 e. The van der Waals surface area contributed by atoms with Gasteiger partial charge in [-0.05, 0) is 6.07 Å². The third-order valence-corrected chi connectivity index (χ3v) is 5.14. The zero-order valence-electron chi connectivity index (χ0n) is 19.9. The van der Waals surface area contributed by atoms with Gasteiger partial charge in [0.25, 0.3) is 5.56 Å². The van der Waals surface area contributed by atoms with Gasteiger partial charge in [0.15, 0.2) is 5.82 Å². The molecule has 16 heteroatoms. The van der Waals surface area contributed by atoms with Crippen molar-refractivity contribution >= 4 is 23.4 Å². The lowest BCUT2D eigenvalue weighted by Gasteiger charge is -2.13. The standard InChI is InChI=1S/C20H18ClN7O3.C2HF3O2/c1-27-10-11(8-24-27)14-9-23-20(22)19(25-14)13-4-5-17(29)28(26-13)15-6-12(30-2)7-16(31-3)18(15)21;3-2(4,5)1(6)7/h4-10H,1-3H3,(H2,22,23);(H,6,7). The Kier molecular flexibility index (Phi) is 8.20. The number of aryl methyl sites for hydroxylation is 1. The van der Waals surface area contributed by atoms with Gasteiger partial charge < -0.3 is 20.3 Å². The van der Waals surface area contributed by atoms with Crippen LogP contribution >= 0.6 is 11.6 Å². The summed E-state index contributed by atoms with van der Waals surface area (Å²) in [5.41, 5.74) is 7.95. The quantitative estimate of drug-likeness (QED) is 0.376. The summed E-state index contributed by atoms with van der Waals surface area (Å²) in [6, 6.07) is 6.08. The van der Waals surface area contributed by atoms with Crippen molar-refractivity contribution in [3.05, 3.63) is 58.2 Å². The molecular formula is C22H19ClF3N7O5. The molecule has 0 saturated heterocycles. The highest BCUT2D eigenvalue weighted by atomic mass is 35.5. The van der Waals surface area contributed by atoms with E-state index in [-0.39, 0.29) is 10.8 Å². The molecule has 3 aromatic heterocycles. The number of ether oxygens (including phenoxy) is 2. The number of hydrogen-bond acceptors (Lipinski definition) is 9. The van der Waals surface area contributed by atoms with Crippen LogP contribution in [-0.4, -0.2) is 61.0 Å². The average molecular weight is 554 g/mol. The first kappa shape index (κ1) is 27.9. The van der Waals surface area contributed by atoms with Gasteiger partial charge in [0.2, 0.25) is 0 Å². The van der Waals surface area contributed by atoms with E-state index in [0.717, 1.165) is 10.2 Å². The van der Waals surface area contributed by atoms with E-state index in [9.17, 15) is 18.0 Å². The summed E-state index contributed by atoms with van der Waals surface area (Å²) in [7, 11) is 4.77. The van der Waals surface area contributed by atoms with Gasteiger partial charge in [-0.1, -0.05) is 11.6 Å². The fourth-order valence-corrected chi connectivity index (χ4v) is 3.23. The van der Waals surface area contributed by atoms with Crippen LogP contribution in [0.3, 0.4) is 0 Å². The number of nitrogens with zero attached hydrogens (tertiary/aromatic N) is 6. The fourth-order valence-electron chi connectivity index (χ4n) is 2.97. The van der Waals surface area contributed by atoms with Crippen molar-refractivity contribution in [2.24, 2.45) is 7.05 Å². The van der Waals surface area contributed by atoms with E-state index in [1.807, 2.05) is 0 Å². The molecule has 4 aromatic rings. The second-order valence-corrected chi connectivity index (χ2v) is 7.70. The van der Waals surface area contributed by atoms with Crippen LogP contribution in [0.15, 0.2) is 47.7 Å². The number of nitrogen functional groups attached to an aromatic ring is 1. The van der Waals surface area contributed by atoms with Crippen LogP contribution in [-0.2, 0) is 11.8 Å². The van der Waals surface area contributed by atoms with Crippen LogP contribution in [0.5, 0.6) is 11.5 Å². The first-order chi connectivity index (χ1) is 17.8. The number of carbonyl (C=O) groups is 1. The molecule has 0 aliphatic heterocycles. The van der Waals surface area contributed by atoms with Gasteiger partial charge in [-0.15, -0.1) is 0 Å². The molecule has 0 aliphatic rings. The maximum atomic E-state index is 12.6. The van der Waals surface area contributed by atoms with Crippen LogP contribution in [0.1, 0.15) is 0 Å². The van der Waals surface area contributed by atoms with Crippen LogP contribution < -0.4 is 20.8 Å². The number of benzene rings is 1. The topological polar surface area (TPSA) is 160 Å². The number of methoxy groups -OCH3 is 2. The summed E-state index contributed by atoms with van der Waals surface area (Å²) in [6.45, 7) is 0. The Morgan fingerprint density at radius 2 is 1.82 bits per heavy atom. The van der Waals surface area contributed by atoms with Gasteiger partial charge in [0.1, 0.15) is 27.9 Å². The molecule has 0 radical (unpaired) electrons. The lowest BCUT2D eigenvalue weighted by atomic mass is 10.2. The van der Waals surface area contributed by atoms with Gasteiger partial charge in [0, 0.05) is 37.0 Å². The number of rotatable bonds is 5. The molecule has 0 saturated carbocycles. The molecule has 0 bridgehead atoms. The molecule has 38 heavy (non-hydrogen) atoms. The summed E-state index contributed by atoms with van der Waals surface area (Å²) < 4.78 is 45.1. The van der Waals surface area contributed by atoms with Crippen molar-refractivity contribution < 1.29 is 32.5 Å². The summed E-state index contributed by atoms with van der Waals surface area (Å²) in [6.07, 6.45) is -0.0586. The van der Waals surface area contributed by atoms with E-state index in [1.54, 1.807) is 42.5 Å². The molecule has 1 aromatic carbocycles. The Hall–Kier alpha value is -4.66. The van der Waals surface area contributed by atoms with Crippen molar-refractivity contribution in [3.8, 4) is 39.8 Å². The lowest BCUT2D eigenvalue weighted by Crippen LogP contribution is -2.21. The molecule has 0 aliphatic carbocycles. The molecule has 200 valence electrons. The Labute approximate surface area is 217 Å². The summed E-state index contributed by atoms with van der Waals surface area (Å²) in [4.78, 5) is 30.3. The van der Waals surface area contributed by atoms with E-state index in [4.69, 9.17) is 36.7 Å². The van der Waals surface area contributed by atoms with Crippen molar-refractivity contribution in [2.75, 3.05) is 20.0 Å². The van der Waals surface area contributed by atoms with Gasteiger partial charge in [-0.2, -0.15) is 28.1 Å². The minimum atomic E-state index is -5.08. The lowest BCUT2D eigenvalue weighted by molar-refractivity contribution is -0.192. The van der Waals surface area contributed by atoms with E-state index in [1.165, 1.54) is 26.4 Å². The number of alkyl halides is 3. The molecule has 3 heterocycles. The highest BCUT2D eigenvalue weighted by molar-refractivity contribution is 6.34. The Balaban J connectivity index is 0.000000505. The molecular weight excluding hydrogens is 535 g/mol. The monoisotopic (exact) mass is 553 g/mol. The van der Waals surface area contributed by atoms with E-state index in [0.29, 0.717) is 34.3 Å². The van der Waals surface area contributed by atoms with E-state index >= 15 is 0 Å². The number of hydrogen-bond donors (Lipinski definition) is 2. The number of nitrogens with two attached hydrogens (primary N) is 1. The van der Waals surface area contributed by atoms with Crippen molar-refractivity contribution in [1.82, 2.24) is 29.5 Å². The number of halogens is 4. The van der Waals surface area contributed by atoms with Crippen molar-refractivity contribution in [2.45, 2.75) is 6.18 Å². The Morgan fingerprint density at radius 3 is 2.37 bits per heavy atom. The van der Waals surface area contributed by atoms with Crippen LogP contribution in [0.25, 0.3) is 28.3 Å². The highest BCUT2D eigenvalue weighted by Crippen LogP contribution is 2.35.